The van der Waals surface area contributed by atoms with Crippen molar-refractivity contribution in [1.82, 2.24) is 21.0 Å². The molecule has 0 radical (unpaired) electrons. The number of H-pyrrole nitrogens is 1. The minimum absolute atomic E-state index is 0.302. The van der Waals surface area contributed by atoms with Crippen LogP contribution in [0.2, 0.25) is 0 Å². The lowest BCUT2D eigenvalue weighted by molar-refractivity contribution is -0.137. The molecular weight excluding hydrogens is 393 g/mol. The number of rotatable bonds is 5. The smallest absolute Gasteiger partial charge is 0.346 e. The first-order valence-corrected chi connectivity index (χ1v) is 10.0. The fourth-order valence-corrected chi connectivity index (χ4v) is 4.19. The van der Waals surface area contributed by atoms with Crippen LogP contribution >= 0.6 is 0 Å². The molecule has 2 aromatic rings. The molecule has 1 aliphatic heterocycles. The maximum absolute atomic E-state index is 12.7. The van der Waals surface area contributed by atoms with E-state index in [1.165, 1.54) is 12.1 Å². The summed E-state index contributed by atoms with van der Waals surface area (Å²) in [5.74, 6) is 6.98. The zero-order valence-electron chi connectivity index (χ0n) is 16.4. The van der Waals surface area contributed by atoms with Crippen molar-refractivity contribution in [2.24, 2.45) is 16.8 Å². The van der Waals surface area contributed by atoms with Crippen molar-refractivity contribution in [3.05, 3.63) is 58.9 Å². The maximum atomic E-state index is 12.7. The quantitative estimate of drug-likeness (QED) is 0.378. The van der Waals surface area contributed by atoms with Crippen molar-refractivity contribution in [1.29, 1.82) is 0 Å². The predicted octanol–water partition coefficient (Wildman–Crippen LogP) is 3.78. The first kappa shape index (κ1) is 20.5. The number of benzene rings is 1. The molecule has 1 fully saturated rings. The van der Waals surface area contributed by atoms with Gasteiger partial charge in [-0.05, 0) is 49.4 Å². The second-order valence-corrected chi connectivity index (χ2v) is 7.70. The van der Waals surface area contributed by atoms with E-state index in [9.17, 15) is 13.2 Å². The highest BCUT2D eigenvalue weighted by Gasteiger charge is 2.30. The van der Waals surface area contributed by atoms with Gasteiger partial charge in [0.05, 0.1) is 23.3 Å². The molecule has 30 heavy (non-hydrogen) atoms. The molecule has 0 atom stereocenters. The summed E-state index contributed by atoms with van der Waals surface area (Å²) in [5.41, 5.74) is 6.04. The average molecular weight is 418 g/mol. The van der Waals surface area contributed by atoms with Gasteiger partial charge in [0.15, 0.2) is 0 Å². The zero-order valence-corrected chi connectivity index (χ0v) is 16.4. The molecule has 0 bridgehead atoms. The van der Waals surface area contributed by atoms with Gasteiger partial charge >= 0.3 is 6.18 Å². The van der Waals surface area contributed by atoms with E-state index in [1.54, 1.807) is 6.34 Å². The number of hydrazine groups is 1. The molecule has 1 aromatic carbocycles. The molecule has 2 aliphatic rings. The maximum Gasteiger partial charge on any atom is 0.416 e. The summed E-state index contributed by atoms with van der Waals surface area (Å²) >= 11 is 0. The van der Waals surface area contributed by atoms with Crippen LogP contribution in [0, 0.1) is 5.92 Å². The van der Waals surface area contributed by atoms with Crippen LogP contribution in [0.25, 0.3) is 5.70 Å². The van der Waals surface area contributed by atoms with Gasteiger partial charge in [-0.25, -0.2) is 4.99 Å². The van der Waals surface area contributed by atoms with E-state index in [1.807, 2.05) is 12.3 Å². The third kappa shape index (κ3) is 4.36. The molecular formula is C21H25F3N6. The number of fused-ring (bicyclic) bond motifs is 1. The highest BCUT2D eigenvalue weighted by Crippen LogP contribution is 2.35. The minimum Gasteiger partial charge on any atom is -0.346 e. The summed E-state index contributed by atoms with van der Waals surface area (Å²) in [7, 11) is 0. The van der Waals surface area contributed by atoms with E-state index < -0.39 is 11.7 Å². The number of halogens is 3. The number of hydrogen-bond acceptors (Lipinski definition) is 5. The summed E-state index contributed by atoms with van der Waals surface area (Å²) in [4.78, 5) is 7.39. The lowest BCUT2D eigenvalue weighted by Gasteiger charge is -2.32. The fraction of sp³-hybridized carbons (Fsp3) is 0.381. The number of alkyl halides is 3. The molecule has 160 valence electrons. The van der Waals surface area contributed by atoms with Crippen LogP contribution < -0.4 is 21.9 Å². The van der Waals surface area contributed by atoms with Gasteiger partial charge in [-0.3, -0.25) is 5.84 Å². The van der Waals surface area contributed by atoms with Gasteiger partial charge in [-0.2, -0.15) is 13.2 Å². The van der Waals surface area contributed by atoms with E-state index in [0.717, 1.165) is 66.2 Å². The normalized spacial score (nSPS) is 22.9. The molecule has 1 aliphatic carbocycles. The highest BCUT2D eigenvalue weighted by molar-refractivity contribution is 5.87. The molecule has 6 N–H and O–H groups in total. The Morgan fingerprint density at radius 2 is 1.83 bits per heavy atom. The van der Waals surface area contributed by atoms with E-state index >= 15 is 0 Å². The summed E-state index contributed by atoms with van der Waals surface area (Å²) in [6.07, 6.45) is 3.08. The van der Waals surface area contributed by atoms with Gasteiger partial charge in [0.25, 0.3) is 0 Å². The molecule has 4 rings (SSSR count). The Morgan fingerprint density at radius 1 is 1.10 bits per heavy atom. The van der Waals surface area contributed by atoms with Crippen molar-refractivity contribution in [2.45, 2.75) is 44.4 Å². The largest absolute Gasteiger partial charge is 0.416 e. The topological polar surface area (TPSA) is 90.3 Å². The number of aromatic amines is 1. The number of nitrogens with zero attached hydrogens (tertiary/aromatic N) is 1. The van der Waals surface area contributed by atoms with E-state index in [0.29, 0.717) is 18.5 Å². The lowest BCUT2D eigenvalue weighted by Crippen LogP contribution is -2.37. The Morgan fingerprint density at radius 3 is 2.50 bits per heavy atom. The van der Waals surface area contributed by atoms with Crippen molar-refractivity contribution >= 4 is 17.9 Å². The first-order chi connectivity index (χ1) is 14.5. The van der Waals surface area contributed by atoms with Gasteiger partial charge in [-0.15, -0.1) is 0 Å². The third-order valence-corrected chi connectivity index (χ3v) is 5.83. The molecule has 0 unspecified atom stereocenters. The van der Waals surface area contributed by atoms with Crippen LogP contribution in [0.5, 0.6) is 0 Å². The Kier molecular flexibility index (Phi) is 5.83. The van der Waals surface area contributed by atoms with Gasteiger partial charge in [0.1, 0.15) is 5.82 Å². The van der Waals surface area contributed by atoms with Gasteiger partial charge < -0.3 is 21.0 Å². The molecule has 0 saturated heterocycles. The standard InChI is InChI=1S/C21H25F3N6/c22-21(23,24)15-5-1-13(2-6-15)11-27-16-7-3-14(4-8-16)18(30-25)19-17-9-10-26-20(17)29-12-28-19/h1-2,5-6,9-10,12,14,16,26-27,30H,3-4,7-8,11,25H2,(H,28,29)/b19-18-. The summed E-state index contributed by atoms with van der Waals surface area (Å²) < 4.78 is 38.0. The Labute approximate surface area is 172 Å². The molecule has 0 amide bonds. The van der Waals surface area contributed by atoms with Gasteiger partial charge in [0, 0.05) is 30.3 Å². The SMILES string of the molecule is NN/C(=C1\NC=Nc2[nH]ccc21)C1CCC(NCc2ccc(C(F)(F)F)cc2)CC1. The molecule has 0 spiro atoms. The number of allylic oxidation sites excluding steroid dienone is 1. The van der Waals surface area contributed by atoms with E-state index in [2.05, 4.69) is 26.0 Å². The number of aliphatic imine (C=N–C) groups is 1. The van der Waals surface area contributed by atoms with Crippen LogP contribution in [0.4, 0.5) is 19.0 Å². The third-order valence-electron chi connectivity index (χ3n) is 5.83. The first-order valence-electron chi connectivity index (χ1n) is 10.0. The second-order valence-electron chi connectivity index (χ2n) is 7.70. The average Bonchev–Trinajstić information content (AvgIpc) is 3.23. The van der Waals surface area contributed by atoms with Crippen molar-refractivity contribution in [3.8, 4) is 0 Å². The Bertz CT molecular complexity index is 921. The van der Waals surface area contributed by atoms with Crippen LogP contribution in [-0.2, 0) is 12.7 Å². The molecule has 1 aromatic heterocycles. The highest BCUT2D eigenvalue weighted by atomic mass is 19.4. The number of aromatic nitrogens is 1. The monoisotopic (exact) mass is 418 g/mol. The summed E-state index contributed by atoms with van der Waals surface area (Å²) in [5, 5.41) is 6.69. The molecule has 6 nitrogen and oxygen atoms in total. The number of hydrogen-bond donors (Lipinski definition) is 5. The summed E-state index contributed by atoms with van der Waals surface area (Å²) in [6.45, 7) is 0.557. The number of nitrogens with one attached hydrogen (secondary N) is 4. The van der Waals surface area contributed by atoms with Crippen LogP contribution in [0.15, 0.2) is 47.2 Å². The second kappa shape index (κ2) is 8.53. The van der Waals surface area contributed by atoms with Crippen molar-refractivity contribution in [3.63, 3.8) is 0 Å². The van der Waals surface area contributed by atoms with E-state index in [-0.39, 0.29) is 0 Å². The van der Waals surface area contributed by atoms with Crippen LogP contribution in [-0.4, -0.2) is 17.4 Å². The molecule has 2 heterocycles. The fourth-order valence-electron chi connectivity index (χ4n) is 4.19. The van der Waals surface area contributed by atoms with Gasteiger partial charge in [0.2, 0.25) is 0 Å². The van der Waals surface area contributed by atoms with Crippen molar-refractivity contribution < 1.29 is 13.2 Å². The summed E-state index contributed by atoms with van der Waals surface area (Å²) in [6, 6.07) is 7.64. The van der Waals surface area contributed by atoms with Gasteiger partial charge in [-0.1, -0.05) is 12.1 Å². The lowest BCUT2D eigenvalue weighted by atomic mass is 9.83. The van der Waals surface area contributed by atoms with Crippen LogP contribution in [0.1, 0.15) is 42.4 Å². The van der Waals surface area contributed by atoms with Crippen molar-refractivity contribution in [2.75, 3.05) is 0 Å². The zero-order chi connectivity index (χ0) is 21.1. The van der Waals surface area contributed by atoms with Crippen LogP contribution in [0.3, 0.4) is 0 Å². The van der Waals surface area contributed by atoms with E-state index in [4.69, 9.17) is 5.84 Å². The Balaban J connectivity index is 1.34. The predicted molar refractivity (Wildman–Crippen MR) is 110 cm³/mol. The Hall–Kier alpha value is -2.78. The molecule has 9 heteroatoms. The number of nitrogens with two attached hydrogens (primary N) is 1. The minimum atomic E-state index is -4.30. The molecule has 1 saturated carbocycles.